The van der Waals surface area contributed by atoms with Crippen molar-refractivity contribution in [3.63, 3.8) is 0 Å². The fraction of sp³-hybridized carbons (Fsp3) is 0.500. The summed E-state index contributed by atoms with van der Waals surface area (Å²) in [6, 6.07) is 4.76. The van der Waals surface area contributed by atoms with Crippen LogP contribution in [0.1, 0.15) is 31.9 Å². The van der Waals surface area contributed by atoms with Crippen molar-refractivity contribution in [1.82, 2.24) is 5.32 Å². The molecule has 0 aliphatic heterocycles. The van der Waals surface area contributed by atoms with E-state index in [1.807, 2.05) is 7.05 Å². The first-order valence-corrected chi connectivity index (χ1v) is 5.54. The van der Waals surface area contributed by atoms with E-state index in [2.05, 4.69) is 19.2 Å². The van der Waals surface area contributed by atoms with E-state index in [0.29, 0.717) is 10.9 Å². The van der Waals surface area contributed by atoms with Crippen LogP contribution in [0.5, 0.6) is 0 Å². The van der Waals surface area contributed by atoms with E-state index in [-0.39, 0.29) is 11.9 Å². The molecule has 0 spiro atoms. The molecule has 0 saturated heterocycles. The Balaban J connectivity index is 2.91. The molecule has 15 heavy (non-hydrogen) atoms. The van der Waals surface area contributed by atoms with Crippen LogP contribution in [0.15, 0.2) is 18.2 Å². The highest BCUT2D eigenvalue weighted by molar-refractivity contribution is 6.31. The van der Waals surface area contributed by atoms with E-state index < -0.39 is 0 Å². The molecule has 1 nitrogen and oxygen atoms in total. The molecule has 0 aromatic heterocycles. The highest BCUT2D eigenvalue weighted by atomic mass is 35.5. The largest absolute Gasteiger partial charge is 0.313 e. The van der Waals surface area contributed by atoms with E-state index in [0.717, 1.165) is 12.0 Å². The Morgan fingerprint density at radius 1 is 1.40 bits per heavy atom. The molecule has 0 amide bonds. The first-order chi connectivity index (χ1) is 7.04. The first kappa shape index (κ1) is 12.5. The number of hydrogen-bond acceptors (Lipinski definition) is 1. The van der Waals surface area contributed by atoms with Crippen molar-refractivity contribution in [2.45, 2.75) is 26.3 Å². The average molecular weight is 230 g/mol. The molecule has 0 saturated carbocycles. The molecule has 0 radical (unpaired) electrons. The van der Waals surface area contributed by atoms with Gasteiger partial charge in [-0.15, -0.1) is 0 Å². The SMILES string of the molecule is CNC(CC(C)C)c1ccc(F)cc1Cl. The van der Waals surface area contributed by atoms with Crippen LogP contribution in [0.2, 0.25) is 5.02 Å². The third-order valence-corrected chi connectivity index (χ3v) is 2.72. The van der Waals surface area contributed by atoms with E-state index in [9.17, 15) is 4.39 Å². The van der Waals surface area contributed by atoms with Gasteiger partial charge in [-0.3, -0.25) is 0 Å². The maximum absolute atomic E-state index is 12.9. The van der Waals surface area contributed by atoms with Crippen molar-refractivity contribution < 1.29 is 4.39 Å². The monoisotopic (exact) mass is 229 g/mol. The number of benzene rings is 1. The van der Waals surface area contributed by atoms with Crippen LogP contribution in [0.3, 0.4) is 0 Å². The van der Waals surface area contributed by atoms with Gasteiger partial charge in [-0.2, -0.15) is 0 Å². The molecule has 0 heterocycles. The summed E-state index contributed by atoms with van der Waals surface area (Å²) in [6.07, 6.45) is 0.988. The Kier molecular flexibility index (Phi) is 4.55. The quantitative estimate of drug-likeness (QED) is 0.829. The van der Waals surface area contributed by atoms with Crippen molar-refractivity contribution in [2.75, 3.05) is 7.05 Å². The van der Waals surface area contributed by atoms with Crippen LogP contribution < -0.4 is 5.32 Å². The minimum absolute atomic E-state index is 0.193. The molecule has 1 rings (SSSR count). The predicted molar refractivity (Wildman–Crippen MR) is 62.7 cm³/mol. The molecular formula is C12H17ClFN. The van der Waals surface area contributed by atoms with E-state index in [1.54, 1.807) is 6.07 Å². The highest BCUT2D eigenvalue weighted by Crippen LogP contribution is 2.27. The highest BCUT2D eigenvalue weighted by Gasteiger charge is 2.14. The Morgan fingerprint density at radius 3 is 2.53 bits per heavy atom. The van der Waals surface area contributed by atoms with Gasteiger partial charge in [0, 0.05) is 11.1 Å². The normalized spacial score (nSPS) is 13.2. The third kappa shape index (κ3) is 3.47. The van der Waals surface area contributed by atoms with Gasteiger partial charge in [0.25, 0.3) is 0 Å². The summed E-state index contributed by atoms with van der Waals surface area (Å²) in [5.74, 6) is 0.284. The second-order valence-electron chi connectivity index (χ2n) is 4.14. The maximum Gasteiger partial charge on any atom is 0.124 e. The van der Waals surface area contributed by atoms with Crippen molar-refractivity contribution >= 4 is 11.6 Å². The molecule has 84 valence electrons. The van der Waals surface area contributed by atoms with Gasteiger partial charge < -0.3 is 5.32 Å². The van der Waals surface area contributed by atoms with Gasteiger partial charge in [-0.05, 0) is 37.1 Å². The lowest BCUT2D eigenvalue weighted by Gasteiger charge is -2.19. The van der Waals surface area contributed by atoms with Crippen molar-refractivity contribution in [1.29, 1.82) is 0 Å². The molecule has 1 aromatic rings. The Labute approximate surface area is 95.6 Å². The van der Waals surface area contributed by atoms with Crippen LogP contribution in [0.25, 0.3) is 0 Å². The molecule has 1 unspecified atom stereocenters. The number of rotatable bonds is 4. The third-order valence-electron chi connectivity index (χ3n) is 2.39. The summed E-state index contributed by atoms with van der Waals surface area (Å²) in [5, 5.41) is 3.70. The van der Waals surface area contributed by atoms with Crippen LogP contribution >= 0.6 is 11.6 Å². The van der Waals surface area contributed by atoms with Gasteiger partial charge >= 0.3 is 0 Å². The van der Waals surface area contributed by atoms with Crippen LogP contribution in [0.4, 0.5) is 4.39 Å². The van der Waals surface area contributed by atoms with Crippen LogP contribution in [-0.4, -0.2) is 7.05 Å². The average Bonchev–Trinajstić information content (AvgIpc) is 2.14. The van der Waals surface area contributed by atoms with E-state index in [4.69, 9.17) is 11.6 Å². The first-order valence-electron chi connectivity index (χ1n) is 5.16. The second-order valence-corrected chi connectivity index (χ2v) is 4.54. The molecule has 1 aromatic carbocycles. The molecule has 0 fully saturated rings. The van der Waals surface area contributed by atoms with Crippen LogP contribution in [0, 0.1) is 11.7 Å². The molecule has 3 heteroatoms. The predicted octanol–water partition coefficient (Wildman–Crippen LogP) is 3.79. The number of nitrogens with one attached hydrogen (secondary N) is 1. The van der Waals surface area contributed by atoms with E-state index in [1.165, 1.54) is 12.1 Å². The summed E-state index contributed by atoms with van der Waals surface area (Å²) in [5.41, 5.74) is 0.967. The fourth-order valence-electron chi connectivity index (χ4n) is 1.66. The fourth-order valence-corrected chi connectivity index (χ4v) is 1.95. The van der Waals surface area contributed by atoms with Crippen molar-refractivity contribution in [2.24, 2.45) is 5.92 Å². The lowest BCUT2D eigenvalue weighted by Crippen LogP contribution is -2.18. The zero-order valence-electron chi connectivity index (χ0n) is 9.35. The summed E-state index contributed by atoms with van der Waals surface area (Å²) >= 11 is 6.01. The number of halogens is 2. The van der Waals surface area contributed by atoms with Gasteiger partial charge in [0.2, 0.25) is 0 Å². The smallest absolute Gasteiger partial charge is 0.124 e. The van der Waals surface area contributed by atoms with Gasteiger partial charge in [0.1, 0.15) is 5.82 Å². The molecular weight excluding hydrogens is 213 g/mol. The second kappa shape index (κ2) is 5.47. The molecule has 1 atom stereocenters. The summed E-state index contributed by atoms with van der Waals surface area (Å²) < 4.78 is 12.9. The van der Waals surface area contributed by atoms with E-state index >= 15 is 0 Å². The number of hydrogen-bond donors (Lipinski definition) is 1. The zero-order valence-corrected chi connectivity index (χ0v) is 10.1. The molecule has 0 bridgehead atoms. The lowest BCUT2D eigenvalue weighted by atomic mass is 9.97. The van der Waals surface area contributed by atoms with Gasteiger partial charge in [0.15, 0.2) is 0 Å². The standard InChI is InChI=1S/C12H17ClFN/c1-8(2)6-12(15-3)10-5-4-9(14)7-11(10)13/h4-5,7-8,12,15H,6H2,1-3H3. The Hall–Kier alpha value is -0.600. The summed E-state index contributed by atoms with van der Waals surface area (Å²) in [6.45, 7) is 4.31. The summed E-state index contributed by atoms with van der Waals surface area (Å²) in [4.78, 5) is 0. The van der Waals surface area contributed by atoms with Crippen LogP contribution in [-0.2, 0) is 0 Å². The molecule has 0 aliphatic carbocycles. The Bertz CT molecular complexity index is 325. The zero-order chi connectivity index (χ0) is 11.4. The molecule has 1 N–H and O–H groups in total. The summed E-state index contributed by atoms with van der Waals surface area (Å²) in [7, 11) is 1.90. The van der Waals surface area contributed by atoms with Crippen molar-refractivity contribution in [3.05, 3.63) is 34.6 Å². The van der Waals surface area contributed by atoms with Gasteiger partial charge in [-0.1, -0.05) is 31.5 Å². The minimum atomic E-state index is -0.289. The Morgan fingerprint density at radius 2 is 2.07 bits per heavy atom. The molecule has 0 aliphatic rings. The topological polar surface area (TPSA) is 12.0 Å². The lowest BCUT2D eigenvalue weighted by molar-refractivity contribution is 0.456. The van der Waals surface area contributed by atoms with Gasteiger partial charge in [0.05, 0.1) is 0 Å². The maximum atomic E-state index is 12.9. The van der Waals surface area contributed by atoms with Gasteiger partial charge in [-0.25, -0.2) is 4.39 Å². The van der Waals surface area contributed by atoms with Crippen molar-refractivity contribution in [3.8, 4) is 0 Å². The minimum Gasteiger partial charge on any atom is -0.313 e.